The summed E-state index contributed by atoms with van der Waals surface area (Å²) in [6, 6.07) is 12.8. The molecule has 178 valence electrons. The lowest BCUT2D eigenvalue weighted by atomic mass is 10.2. The predicted molar refractivity (Wildman–Crippen MR) is 135 cm³/mol. The average molecular weight is 509 g/mol. The summed E-state index contributed by atoms with van der Waals surface area (Å²) >= 11 is 7.67. The molecule has 0 aliphatic rings. The van der Waals surface area contributed by atoms with Crippen LogP contribution in [0, 0.1) is 6.92 Å². The maximum atomic E-state index is 12.6. The Balaban J connectivity index is 1.89. The van der Waals surface area contributed by atoms with Gasteiger partial charge in [-0.3, -0.25) is 0 Å². The van der Waals surface area contributed by atoms with Crippen molar-refractivity contribution in [3.05, 3.63) is 68.9 Å². The van der Waals surface area contributed by atoms with Crippen molar-refractivity contribution in [2.24, 2.45) is 4.99 Å². The number of aromatic nitrogens is 1. The summed E-state index contributed by atoms with van der Waals surface area (Å²) in [6.07, 6.45) is 0.846. The number of nitrogens with one attached hydrogen (secondary N) is 1. The molecule has 1 heterocycles. The molecule has 1 N–H and O–H groups in total. The van der Waals surface area contributed by atoms with E-state index < -0.39 is 10.0 Å². The van der Waals surface area contributed by atoms with Crippen molar-refractivity contribution in [3.8, 4) is 0 Å². The molecule has 0 amide bonds. The highest BCUT2D eigenvalue weighted by Crippen LogP contribution is 2.23. The molecule has 0 radical (unpaired) electrons. The molecule has 1 aromatic heterocycles. The number of sulfonamides is 1. The van der Waals surface area contributed by atoms with Gasteiger partial charge >= 0.3 is 0 Å². The number of nitrogens with zero attached hydrogens (tertiary/aromatic N) is 3. The molecule has 0 spiro atoms. The lowest BCUT2D eigenvalue weighted by molar-refractivity contribution is 0.190. The third kappa shape index (κ3) is 6.45. The Morgan fingerprint density at radius 3 is 2.70 bits per heavy atom. The Labute approximate surface area is 204 Å². The molecule has 0 atom stereocenters. The summed E-state index contributed by atoms with van der Waals surface area (Å²) < 4.78 is 33.9. The normalized spacial score (nSPS) is 12.5. The number of methoxy groups -OCH3 is 1. The van der Waals surface area contributed by atoms with Crippen LogP contribution in [0.5, 0.6) is 0 Å². The van der Waals surface area contributed by atoms with Crippen molar-refractivity contribution in [2.75, 3.05) is 33.1 Å². The third-order valence-corrected chi connectivity index (χ3v) is 8.17. The second-order valence-electron chi connectivity index (χ2n) is 7.72. The van der Waals surface area contributed by atoms with Crippen LogP contribution in [-0.4, -0.2) is 45.1 Å². The molecule has 0 aliphatic heterocycles. The summed E-state index contributed by atoms with van der Waals surface area (Å²) in [5, 5.41) is 6.07. The first kappa shape index (κ1) is 25.5. The molecule has 3 rings (SSSR count). The van der Waals surface area contributed by atoms with E-state index >= 15 is 0 Å². The zero-order valence-electron chi connectivity index (χ0n) is 19.2. The number of halogens is 1. The topological polar surface area (TPSA) is 75.9 Å². The van der Waals surface area contributed by atoms with Crippen molar-refractivity contribution in [2.45, 2.75) is 31.3 Å². The van der Waals surface area contributed by atoms with Crippen LogP contribution in [0.2, 0.25) is 5.02 Å². The van der Waals surface area contributed by atoms with E-state index in [-0.39, 0.29) is 0 Å². The van der Waals surface area contributed by atoms with Gasteiger partial charge in [0, 0.05) is 56.1 Å². The smallest absolute Gasteiger partial charge is 0.242 e. The number of aryl methyl sites for hydroxylation is 1. The Bertz CT molecular complexity index is 1270. The van der Waals surface area contributed by atoms with Gasteiger partial charge in [0.25, 0.3) is 0 Å². The monoisotopic (exact) mass is 508 g/mol. The van der Waals surface area contributed by atoms with Gasteiger partial charge in [0.05, 0.1) is 17.1 Å². The highest BCUT2D eigenvalue weighted by atomic mass is 35.5. The minimum Gasteiger partial charge on any atom is -0.385 e. The SMILES string of the molecule is COCCCn1c(CNc2ccc(C)c(S(=O)(=O)N(C)C)c2)csc1=Nc1cccc(Cl)c1. The van der Waals surface area contributed by atoms with Crippen LogP contribution >= 0.6 is 22.9 Å². The number of rotatable bonds is 10. The van der Waals surface area contributed by atoms with Crippen molar-refractivity contribution >= 4 is 44.3 Å². The average Bonchev–Trinajstić information content (AvgIpc) is 3.14. The summed E-state index contributed by atoms with van der Waals surface area (Å²) in [4.78, 5) is 5.94. The molecule has 33 heavy (non-hydrogen) atoms. The van der Waals surface area contributed by atoms with Crippen LogP contribution in [-0.2, 0) is 27.8 Å². The van der Waals surface area contributed by atoms with Crippen LogP contribution in [0.15, 0.2) is 57.7 Å². The highest BCUT2D eigenvalue weighted by Gasteiger charge is 2.20. The van der Waals surface area contributed by atoms with Gasteiger partial charge in [-0.2, -0.15) is 0 Å². The molecule has 0 unspecified atom stereocenters. The quantitative estimate of drug-likeness (QED) is 0.405. The summed E-state index contributed by atoms with van der Waals surface area (Å²) in [6.45, 7) is 3.73. The van der Waals surface area contributed by atoms with Crippen molar-refractivity contribution in [1.82, 2.24) is 8.87 Å². The Hall–Kier alpha value is -2.17. The lowest BCUT2D eigenvalue weighted by Gasteiger charge is -2.16. The van der Waals surface area contributed by atoms with E-state index in [1.165, 1.54) is 18.4 Å². The van der Waals surface area contributed by atoms with Crippen LogP contribution < -0.4 is 10.1 Å². The van der Waals surface area contributed by atoms with E-state index in [1.54, 1.807) is 31.4 Å². The molecule has 0 saturated carbocycles. The molecular weight excluding hydrogens is 480 g/mol. The standard InChI is InChI=1S/C23H29ClN4O3S2/c1-17-9-10-19(14-22(17)33(29,30)27(2)3)25-15-21-16-32-23(28(21)11-6-12-31-4)26-20-8-5-7-18(24)13-20/h5,7-10,13-14,16,25H,6,11-12,15H2,1-4H3. The van der Waals surface area contributed by atoms with E-state index in [4.69, 9.17) is 21.3 Å². The van der Waals surface area contributed by atoms with E-state index in [2.05, 4.69) is 15.3 Å². The van der Waals surface area contributed by atoms with Crippen LogP contribution in [0.1, 0.15) is 17.7 Å². The van der Waals surface area contributed by atoms with Gasteiger partial charge in [-0.25, -0.2) is 17.7 Å². The van der Waals surface area contributed by atoms with E-state index in [1.807, 2.05) is 36.4 Å². The van der Waals surface area contributed by atoms with Crippen LogP contribution in [0.25, 0.3) is 0 Å². The molecule has 0 fully saturated rings. The molecule has 0 saturated heterocycles. The van der Waals surface area contributed by atoms with Crippen LogP contribution in [0.3, 0.4) is 0 Å². The largest absolute Gasteiger partial charge is 0.385 e. The molecule has 10 heteroatoms. The first-order chi connectivity index (χ1) is 15.7. The zero-order valence-corrected chi connectivity index (χ0v) is 21.6. The predicted octanol–water partition coefficient (Wildman–Crippen LogP) is 4.64. The first-order valence-corrected chi connectivity index (χ1v) is 13.2. The Morgan fingerprint density at radius 1 is 1.21 bits per heavy atom. The molecule has 0 aliphatic carbocycles. The third-order valence-electron chi connectivity index (χ3n) is 5.06. The summed E-state index contributed by atoms with van der Waals surface area (Å²) in [5.74, 6) is 0. The number of ether oxygens (including phenoxy) is 1. The van der Waals surface area contributed by atoms with E-state index in [0.717, 1.165) is 34.8 Å². The number of hydrogen-bond donors (Lipinski definition) is 1. The number of anilines is 1. The second-order valence-corrected chi connectivity index (χ2v) is 11.1. The van der Waals surface area contributed by atoms with Gasteiger partial charge in [0.15, 0.2) is 4.80 Å². The highest BCUT2D eigenvalue weighted by molar-refractivity contribution is 7.89. The zero-order chi connectivity index (χ0) is 24.0. The summed E-state index contributed by atoms with van der Waals surface area (Å²) in [7, 11) is 1.24. The number of hydrogen-bond acceptors (Lipinski definition) is 6. The molecular formula is C23H29ClN4O3S2. The summed E-state index contributed by atoms with van der Waals surface area (Å²) in [5.41, 5.74) is 3.29. The second kappa shape index (κ2) is 11.3. The Kier molecular flexibility index (Phi) is 8.72. The van der Waals surface area contributed by atoms with E-state index in [9.17, 15) is 8.42 Å². The molecule has 3 aromatic rings. The fourth-order valence-corrected chi connectivity index (χ4v) is 5.51. The van der Waals surface area contributed by atoms with Crippen molar-refractivity contribution in [3.63, 3.8) is 0 Å². The minimum absolute atomic E-state index is 0.299. The molecule has 2 aromatic carbocycles. The number of thiazole rings is 1. The van der Waals surface area contributed by atoms with Gasteiger partial charge in [0.1, 0.15) is 0 Å². The lowest BCUT2D eigenvalue weighted by Crippen LogP contribution is -2.23. The first-order valence-electron chi connectivity index (χ1n) is 10.5. The molecule has 0 bridgehead atoms. The van der Waals surface area contributed by atoms with Gasteiger partial charge in [-0.1, -0.05) is 23.7 Å². The minimum atomic E-state index is -3.52. The van der Waals surface area contributed by atoms with Gasteiger partial charge in [-0.05, 0) is 49.2 Å². The van der Waals surface area contributed by atoms with E-state index in [0.29, 0.717) is 28.6 Å². The van der Waals surface area contributed by atoms with Crippen LogP contribution in [0.4, 0.5) is 11.4 Å². The van der Waals surface area contributed by atoms with Crippen molar-refractivity contribution in [1.29, 1.82) is 0 Å². The van der Waals surface area contributed by atoms with Gasteiger partial charge in [-0.15, -0.1) is 11.3 Å². The Morgan fingerprint density at radius 2 is 2.00 bits per heavy atom. The molecule has 7 nitrogen and oxygen atoms in total. The number of benzene rings is 2. The maximum Gasteiger partial charge on any atom is 0.242 e. The fourth-order valence-electron chi connectivity index (χ4n) is 3.23. The van der Waals surface area contributed by atoms with Gasteiger partial charge < -0.3 is 14.6 Å². The van der Waals surface area contributed by atoms with Gasteiger partial charge in [0.2, 0.25) is 10.0 Å². The fraction of sp³-hybridized carbons (Fsp3) is 0.348. The maximum absolute atomic E-state index is 12.6. The van der Waals surface area contributed by atoms with Crippen molar-refractivity contribution < 1.29 is 13.2 Å².